The lowest BCUT2D eigenvalue weighted by Crippen LogP contribution is -2.27. The van der Waals surface area contributed by atoms with Gasteiger partial charge in [-0.1, -0.05) is 11.3 Å². The Hall–Kier alpha value is -2.29. The number of amides is 1. The van der Waals surface area contributed by atoms with E-state index in [1.807, 2.05) is 13.8 Å². The molecule has 8 nitrogen and oxygen atoms in total. The van der Waals surface area contributed by atoms with Gasteiger partial charge in [-0.05, 0) is 27.7 Å². The molecule has 2 rings (SSSR count). The van der Waals surface area contributed by atoms with Crippen molar-refractivity contribution in [3.8, 4) is 0 Å². The van der Waals surface area contributed by atoms with Crippen molar-refractivity contribution in [1.29, 1.82) is 0 Å². The lowest BCUT2D eigenvalue weighted by atomic mass is 10.1. The molecule has 0 saturated carbocycles. The standard InChI is InChI=1S/C14H20N6O2S/c1-7-12(10(4)21)9(3)20(19-7)6-5-11(22)16-8(2)13-17-18-14(15)23-13/h8H,5-6H2,1-4H3,(H2,15,18)(H,16,22)/t8-/m1/s1. The highest BCUT2D eigenvalue weighted by atomic mass is 32.1. The molecular formula is C14H20N6O2S. The first-order valence-electron chi connectivity index (χ1n) is 7.22. The molecule has 2 aromatic rings. The zero-order valence-electron chi connectivity index (χ0n) is 13.6. The number of nitrogens with two attached hydrogens (primary N) is 1. The number of rotatable bonds is 6. The summed E-state index contributed by atoms with van der Waals surface area (Å²) in [7, 11) is 0. The predicted octanol–water partition coefficient (Wildman–Crippen LogP) is 1.40. The van der Waals surface area contributed by atoms with Crippen LogP contribution in [0.2, 0.25) is 0 Å². The van der Waals surface area contributed by atoms with Gasteiger partial charge in [-0.25, -0.2) is 0 Å². The summed E-state index contributed by atoms with van der Waals surface area (Å²) in [5.74, 6) is -0.138. The van der Waals surface area contributed by atoms with Crippen LogP contribution < -0.4 is 11.1 Å². The van der Waals surface area contributed by atoms with Crippen LogP contribution in [0.25, 0.3) is 0 Å². The molecule has 0 spiro atoms. The van der Waals surface area contributed by atoms with E-state index >= 15 is 0 Å². The van der Waals surface area contributed by atoms with Crippen molar-refractivity contribution in [2.75, 3.05) is 5.73 Å². The average Bonchev–Trinajstić information content (AvgIpc) is 3.00. The molecule has 124 valence electrons. The van der Waals surface area contributed by atoms with Gasteiger partial charge in [0, 0.05) is 18.7 Å². The second-order valence-electron chi connectivity index (χ2n) is 5.34. The maximum atomic E-state index is 12.0. The van der Waals surface area contributed by atoms with Gasteiger partial charge in [-0.2, -0.15) is 5.10 Å². The molecule has 0 unspecified atom stereocenters. The summed E-state index contributed by atoms with van der Waals surface area (Å²) in [6, 6.07) is -0.245. The van der Waals surface area contributed by atoms with Gasteiger partial charge in [0.1, 0.15) is 5.01 Å². The summed E-state index contributed by atoms with van der Waals surface area (Å²) in [6.45, 7) is 7.39. The van der Waals surface area contributed by atoms with Crippen molar-refractivity contribution in [2.24, 2.45) is 0 Å². The van der Waals surface area contributed by atoms with Gasteiger partial charge in [0.25, 0.3) is 0 Å². The summed E-state index contributed by atoms with van der Waals surface area (Å²) in [6.07, 6.45) is 0.262. The molecule has 1 atom stereocenters. The van der Waals surface area contributed by atoms with Crippen LogP contribution >= 0.6 is 11.3 Å². The second kappa shape index (κ2) is 6.86. The first-order valence-corrected chi connectivity index (χ1v) is 8.04. The van der Waals surface area contributed by atoms with E-state index in [9.17, 15) is 9.59 Å². The molecule has 23 heavy (non-hydrogen) atoms. The van der Waals surface area contributed by atoms with Crippen molar-refractivity contribution in [3.05, 3.63) is 22.0 Å². The predicted molar refractivity (Wildman–Crippen MR) is 87.2 cm³/mol. The molecule has 1 amide bonds. The third-order valence-corrected chi connectivity index (χ3v) is 4.42. The first-order chi connectivity index (χ1) is 10.8. The van der Waals surface area contributed by atoms with E-state index in [0.29, 0.717) is 27.9 Å². The van der Waals surface area contributed by atoms with E-state index in [4.69, 9.17) is 5.73 Å². The summed E-state index contributed by atoms with van der Waals surface area (Å²) >= 11 is 1.25. The normalized spacial score (nSPS) is 12.2. The highest BCUT2D eigenvalue weighted by Crippen LogP contribution is 2.19. The summed E-state index contributed by atoms with van der Waals surface area (Å²) in [4.78, 5) is 23.6. The number of carbonyl (C=O) groups excluding carboxylic acids is 2. The van der Waals surface area contributed by atoms with Crippen molar-refractivity contribution in [2.45, 2.75) is 46.7 Å². The number of Topliss-reactive ketones (excluding diaryl/α,β-unsaturated/α-hetero) is 1. The van der Waals surface area contributed by atoms with Gasteiger partial charge in [0.05, 0.1) is 17.3 Å². The topological polar surface area (TPSA) is 116 Å². The Morgan fingerprint density at radius 3 is 2.57 bits per heavy atom. The third kappa shape index (κ3) is 3.92. The lowest BCUT2D eigenvalue weighted by molar-refractivity contribution is -0.122. The van der Waals surface area contributed by atoms with Gasteiger partial charge in [-0.3, -0.25) is 14.3 Å². The minimum Gasteiger partial charge on any atom is -0.374 e. The molecule has 0 aliphatic heterocycles. The second-order valence-corrected chi connectivity index (χ2v) is 6.38. The van der Waals surface area contributed by atoms with Crippen LogP contribution in [0.5, 0.6) is 0 Å². The molecule has 0 aliphatic rings. The smallest absolute Gasteiger partial charge is 0.222 e. The van der Waals surface area contributed by atoms with Crippen LogP contribution in [0.4, 0.5) is 5.13 Å². The molecule has 3 N–H and O–H groups in total. The molecule has 2 aromatic heterocycles. The van der Waals surface area contributed by atoms with Gasteiger partial charge in [-0.15, -0.1) is 10.2 Å². The number of aryl methyl sites for hydroxylation is 2. The minimum absolute atomic E-state index is 0.0156. The SMILES string of the molecule is CC(=O)c1c(C)nn(CCC(=O)N[C@H](C)c2nnc(N)s2)c1C. The van der Waals surface area contributed by atoms with Crippen LogP contribution in [0.15, 0.2) is 0 Å². The molecule has 9 heteroatoms. The zero-order chi connectivity index (χ0) is 17.1. The Morgan fingerprint density at radius 1 is 1.35 bits per heavy atom. The van der Waals surface area contributed by atoms with Crippen LogP contribution in [0, 0.1) is 13.8 Å². The van der Waals surface area contributed by atoms with E-state index in [0.717, 1.165) is 5.69 Å². The fourth-order valence-electron chi connectivity index (χ4n) is 2.43. The number of hydrogen-bond acceptors (Lipinski definition) is 7. The number of ketones is 1. The highest BCUT2D eigenvalue weighted by Gasteiger charge is 2.17. The number of carbonyl (C=O) groups is 2. The number of nitrogen functional groups attached to an aromatic ring is 1. The maximum absolute atomic E-state index is 12.0. The fraction of sp³-hybridized carbons (Fsp3) is 0.500. The third-order valence-electron chi connectivity index (χ3n) is 3.49. The summed E-state index contributed by atoms with van der Waals surface area (Å²) < 4.78 is 1.69. The molecular weight excluding hydrogens is 316 g/mol. The van der Waals surface area contributed by atoms with E-state index in [2.05, 4.69) is 20.6 Å². The lowest BCUT2D eigenvalue weighted by Gasteiger charge is -2.11. The number of aromatic nitrogens is 4. The molecule has 0 aromatic carbocycles. The van der Waals surface area contributed by atoms with Crippen molar-refractivity contribution >= 4 is 28.2 Å². The van der Waals surface area contributed by atoms with E-state index in [-0.39, 0.29) is 24.2 Å². The Bertz CT molecular complexity index is 736. The van der Waals surface area contributed by atoms with Gasteiger partial charge >= 0.3 is 0 Å². The molecule has 0 fully saturated rings. The largest absolute Gasteiger partial charge is 0.374 e. The van der Waals surface area contributed by atoms with Crippen LogP contribution in [0.3, 0.4) is 0 Å². The van der Waals surface area contributed by atoms with Crippen LogP contribution in [-0.4, -0.2) is 31.7 Å². The van der Waals surface area contributed by atoms with E-state index in [1.165, 1.54) is 18.3 Å². The molecule has 2 heterocycles. The molecule has 0 aliphatic carbocycles. The van der Waals surface area contributed by atoms with Gasteiger partial charge in [0.2, 0.25) is 11.0 Å². The van der Waals surface area contributed by atoms with E-state index < -0.39 is 0 Å². The molecule has 0 bridgehead atoms. The number of anilines is 1. The first kappa shape index (κ1) is 17.1. The average molecular weight is 336 g/mol. The van der Waals surface area contributed by atoms with Crippen molar-refractivity contribution in [3.63, 3.8) is 0 Å². The number of nitrogens with one attached hydrogen (secondary N) is 1. The Balaban J connectivity index is 1.94. The Kier molecular flexibility index (Phi) is 5.09. The Labute approximate surface area is 138 Å². The number of hydrogen-bond donors (Lipinski definition) is 2. The maximum Gasteiger partial charge on any atom is 0.222 e. The van der Waals surface area contributed by atoms with E-state index in [1.54, 1.807) is 11.6 Å². The molecule has 0 radical (unpaired) electrons. The van der Waals surface area contributed by atoms with Crippen molar-refractivity contribution in [1.82, 2.24) is 25.3 Å². The summed E-state index contributed by atoms with van der Waals surface area (Å²) in [5.41, 5.74) is 7.63. The highest BCUT2D eigenvalue weighted by molar-refractivity contribution is 7.15. The minimum atomic E-state index is -0.245. The van der Waals surface area contributed by atoms with Crippen LogP contribution in [-0.2, 0) is 11.3 Å². The zero-order valence-corrected chi connectivity index (χ0v) is 14.4. The molecule has 0 saturated heterocycles. The van der Waals surface area contributed by atoms with Crippen LogP contribution in [0.1, 0.15) is 53.1 Å². The quantitative estimate of drug-likeness (QED) is 0.770. The van der Waals surface area contributed by atoms with Gasteiger partial charge < -0.3 is 11.1 Å². The summed E-state index contributed by atoms with van der Waals surface area (Å²) in [5, 5.41) is 15.9. The van der Waals surface area contributed by atoms with Crippen molar-refractivity contribution < 1.29 is 9.59 Å². The fourth-order valence-corrected chi connectivity index (χ4v) is 3.04. The number of nitrogens with zero attached hydrogens (tertiary/aromatic N) is 4. The Morgan fingerprint density at radius 2 is 2.04 bits per heavy atom. The monoisotopic (exact) mass is 336 g/mol. The van der Waals surface area contributed by atoms with Gasteiger partial charge in [0.15, 0.2) is 5.78 Å².